The van der Waals surface area contributed by atoms with Crippen molar-refractivity contribution in [3.05, 3.63) is 69.3 Å². The number of amides is 1. The fourth-order valence-corrected chi connectivity index (χ4v) is 4.21. The Bertz CT molecular complexity index is 1320. The van der Waals surface area contributed by atoms with E-state index >= 15 is 0 Å². The first-order chi connectivity index (χ1) is 15.9. The molecule has 33 heavy (non-hydrogen) atoms. The molecule has 1 heterocycles. The second-order valence-electron chi connectivity index (χ2n) is 7.75. The van der Waals surface area contributed by atoms with Crippen molar-refractivity contribution in [3.63, 3.8) is 0 Å². The van der Waals surface area contributed by atoms with Gasteiger partial charge in [-0.25, -0.2) is 4.98 Å². The number of carbonyl (C=O) groups is 2. The van der Waals surface area contributed by atoms with Gasteiger partial charge in [0.05, 0.1) is 23.5 Å². The minimum atomic E-state index is -1.12. The number of H-pyrrole nitrogens is 1. The number of carboxylic acid groups (broad SMARTS) is 1. The number of hydrogen-bond acceptors (Lipinski definition) is 6. The van der Waals surface area contributed by atoms with Gasteiger partial charge in [-0.15, -0.1) is 6.42 Å². The molecule has 1 aromatic heterocycles. The van der Waals surface area contributed by atoms with Crippen molar-refractivity contribution in [2.75, 3.05) is 18.0 Å². The first-order valence-electron chi connectivity index (χ1n) is 10.4. The predicted octanol–water partition coefficient (Wildman–Crippen LogP) is 1.36. The third-order valence-electron chi connectivity index (χ3n) is 5.71. The number of aromatic amines is 1. The second kappa shape index (κ2) is 9.14. The van der Waals surface area contributed by atoms with E-state index in [0.29, 0.717) is 23.0 Å². The Morgan fingerprint density at radius 2 is 2.03 bits per heavy atom. The number of aliphatic hydroxyl groups is 1. The average molecular weight is 446 g/mol. The lowest BCUT2D eigenvalue weighted by molar-refractivity contribution is -0.135. The van der Waals surface area contributed by atoms with Gasteiger partial charge in [-0.1, -0.05) is 5.92 Å². The highest BCUT2D eigenvalue weighted by atomic mass is 16.4. The molecular formula is C24H22N4O5. The van der Waals surface area contributed by atoms with Gasteiger partial charge in [0.1, 0.15) is 19.0 Å². The number of aliphatic carboxylic acids is 1. The number of hydrogen-bond donors (Lipinski definition) is 4. The predicted molar refractivity (Wildman–Crippen MR) is 122 cm³/mol. The molecule has 4 rings (SSSR count). The third kappa shape index (κ3) is 4.42. The van der Waals surface area contributed by atoms with Crippen molar-refractivity contribution in [1.29, 1.82) is 0 Å². The number of fused-ring (bicyclic) bond motifs is 2. The summed E-state index contributed by atoms with van der Waals surface area (Å²) < 4.78 is 0. The number of aryl methyl sites for hydroxylation is 1. The summed E-state index contributed by atoms with van der Waals surface area (Å²) in [6, 6.07) is 10.5. The van der Waals surface area contributed by atoms with E-state index in [9.17, 15) is 19.5 Å². The number of carbonyl (C=O) groups excluding carboxylic acids is 1. The summed E-state index contributed by atoms with van der Waals surface area (Å²) in [5.41, 5.74) is 3.45. The lowest BCUT2D eigenvalue weighted by Crippen LogP contribution is -2.30. The van der Waals surface area contributed by atoms with Crippen LogP contribution in [0.4, 0.5) is 5.69 Å². The average Bonchev–Trinajstić information content (AvgIpc) is 3.22. The number of nitrogens with zero attached hydrogens (tertiary/aromatic N) is 2. The zero-order valence-electron chi connectivity index (χ0n) is 17.7. The zero-order valence-corrected chi connectivity index (χ0v) is 17.7. The number of aliphatic hydroxyl groups excluding tert-OH is 1. The highest BCUT2D eigenvalue weighted by Crippen LogP contribution is 2.39. The van der Waals surface area contributed by atoms with E-state index in [1.807, 2.05) is 17.0 Å². The largest absolute Gasteiger partial charge is 0.480 e. The van der Waals surface area contributed by atoms with Crippen LogP contribution in [0, 0.1) is 12.3 Å². The summed E-state index contributed by atoms with van der Waals surface area (Å²) in [6.07, 6.45) is 7.22. The van der Waals surface area contributed by atoms with Crippen molar-refractivity contribution in [3.8, 4) is 12.3 Å². The molecule has 1 aliphatic carbocycles. The maximum Gasteiger partial charge on any atom is 0.322 e. The van der Waals surface area contributed by atoms with Gasteiger partial charge in [-0.05, 0) is 60.4 Å². The van der Waals surface area contributed by atoms with E-state index in [2.05, 4.69) is 21.2 Å². The Kier molecular flexibility index (Phi) is 6.11. The van der Waals surface area contributed by atoms with Gasteiger partial charge in [0.15, 0.2) is 0 Å². The van der Waals surface area contributed by atoms with Gasteiger partial charge in [0, 0.05) is 11.3 Å². The highest BCUT2D eigenvalue weighted by Gasteiger charge is 2.29. The summed E-state index contributed by atoms with van der Waals surface area (Å²) in [6.45, 7) is -0.472. The van der Waals surface area contributed by atoms with Crippen molar-refractivity contribution in [1.82, 2.24) is 15.3 Å². The van der Waals surface area contributed by atoms with Gasteiger partial charge < -0.3 is 25.4 Å². The summed E-state index contributed by atoms with van der Waals surface area (Å²) >= 11 is 0. The normalized spacial score (nSPS) is 14.5. The first kappa shape index (κ1) is 22.0. The molecule has 1 amide bonds. The van der Waals surface area contributed by atoms with Crippen LogP contribution in [0.5, 0.6) is 0 Å². The van der Waals surface area contributed by atoms with E-state index in [1.165, 1.54) is 0 Å². The fourth-order valence-electron chi connectivity index (χ4n) is 4.21. The maximum atomic E-state index is 12.5. The Balaban J connectivity index is 1.66. The molecule has 0 fully saturated rings. The molecule has 0 bridgehead atoms. The topological polar surface area (TPSA) is 136 Å². The lowest BCUT2D eigenvalue weighted by atomic mass is 10.0. The summed E-state index contributed by atoms with van der Waals surface area (Å²) in [4.78, 5) is 44.2. The molecule has 1 unspecified atom stereocenters. The van der Waals surface area contributed by atoms with Crippen LogP contribution in [-0.2, 0) is 17.8 Å². The molecule has 168 valence electrons. The monoisotopic (exact) mass is 446 g/mol. The second-order valence-corrected chi connectivity index (χ2v) is 7.75. The number of nitrogens with one attached hydrogen (secondary N) is 2. The van der Waals surface area contributed by atoms with E-state index in [0.717, 1.165) is 29.7 Å². The number of rotatable bonds is 7. The third-order valence-corrected chi connectivity index (χ3v) is 5.71. The molecule has 9 nitrogen and oxygen atoms in total. The summed E-state index contributed by atoms with van der Waals surface area (Å²) in [7, 11) is 0. The van der Waals surface area contributed by atoms with Crippen LogP contribution < -0.4 is 15.8 Å². The smallest absolute Gasteiger partial charge is 0.322 e. The van der Waals surface area contributed by atoms with Crippen molar-refractivity contribution < 1.29 is 19.8 Å². The molecule has 0 aliphatic heterocycles. The molecule has 0 spiro atoms. The molecule has 1 atom stereocenters. The van der Waals surface area contributed by atoms with Crippen molar-refractivity contribution in [2.45, 2.75) is 25.5 Å². The van der Waals surface area contributed by atoms with Crippen LogP contribution in [0.15, 0.2) is 41.2 Å². The zero-order chi connectivity index (χ0) is 23.5. The van der Waals surface area contributed by atoms with E-state index in [4.69, 9.17) is 11.5 Å². The Hall–Kier alpha value is -4.16. The number of carboxylic acids is 1. The van der Waals surface area contributed by atoms with Crippen LogP contribution >= 0.6 is 0 Å². The molecule has 0 radical (unpaired) electrons. The van der Waals surface area contributed by atoms with Gasteiger partial charge >= 0.3 is 5.97 Å². The number of anilines is 1. The highest BCUT2D eigenvalue weighted by molar-refractivity contribution is 5.96. The SMILES string of the molecule is C#CCN(c1ccc(C(=O)NCC(=O)O)cc1)C1CCc2cc3nc(CO)[nH]c(=O)c3cc21. The van der Waals surface area contributed by atoms with Crippen LogP contribution in [-0.4, -0.2) is 45.1 Å². The molecular weight excluding hydrogens is 424 g/mol. The Morgan fingerprint density at radius 1 is 1.27 bits per heavy atom. The van der Waals surface area contributed by atoms with Crippen molar-refractivity contribution >= 4 is 28.5 Å². The van der Waals surface area contributed by atoms with E-state index in [-0.39, 0.29) is 24.0 Å². The molecule has 0 saturated heterocycles. The van der Waals surface area contributed by atoms with Gasteiger partial charge in [0.2, 0.25) is 0 Å². The minimum absolute atomic E-state index is 0.0657. The minimum Gasteiger partial charge on any atom is -0.480 e. The molecule has 3 aromatic rings. The maximum absolute atomic E-state index is 12.5. The van der Waals surface area contributed by atoms with Crippen LogP contribution in [0.2, 0.25) is 0 Å². The van der Waals surface area contributed by atoms with E-state index < -0.39 is 18.4 Å². The van der Waals surface area contributed by atoms with Crippen molar-refractivity contribution in [2.24, 2.45) is 0 Å². The van der Waals surface area contributed by atoms with E-state index in [1.54, 1.807) is 24.3 Å². The quantitative estimate of drug-likeness (QED) is 0.402. The van der Waals surface area contributed by atoms with Gasteiger partial charge in [0.25, 0.3) is 11.5 Å². The molecule has 1 aliphatic rings. The molecule has 9 heteroatoms. The summed E-state index contributed by atoms with van der Waals surface area (Å²) in [5.74, 6) is 1.32. The van der Waals surface area contributed by atoms with Crippen LogP contribution in [0.25, 0.3) is 10.9 Å². The van der Waals surface area contributed by atoms with Gasteiger partial charge in [-0.3, -0.25) is 14.4 Å². The molecule has 2 aromatic carbocycles. The van der Waals surface area contributed by atoms with Gasteiger partial charge in [-0.2, -0.15) is 0 Å². The first-order valence-corrected chi connectivity index (χ1v) is 10.4. The molecule has 0 saturated carbocycles. The number of benzene rings is 2. The Morgan fingerprint density at radius 3 is 2.70 bits per heavy atom. The van der Waals surface area contributed by atoms with Crippen LogP contribution in [0.3, 0.4) is 0 Å². The lowest BCUT2D eigenvalue weighted by Gasteiger charge is -2.30. The Labute approximate surface area is 189 Å². The standard InChI is InChI=1S/C24H22N4O5/c1-2-9-28(16-6-3-14(4-7-16)23(32)25-12-22(30)31)20-8-5-15-10-19-18(11-17(15)20)24(33)27-21(13-29)26-19/h1,3-4,6-7,10-11,20,29H,5,8-9,12-13H2,(H,25,32)(H,30,31)(H,26,27,33). The summed E-state index contributed by atoms with van der Waals surface area (Å²) in [5, 5.41) is 20.8. The number of aromatic nitrogens is 2. The molecule has 4 N–H and O–H groups in total. The fraction of sp³-hybridized carbons (Fsp3) is 0.250. The van der Waals surface area contributed by atoms with Crippen LogP contribution in [0.1, 0.15) is 39.8 Å². The number of terminal acetylenes is 1.